The summed E-state index contributed by atoms with van der Waals surface area (Å²) in [5.41, 5.74) is 31.7. The summed E-state index contributed by atoms with van der Waals surface area (Å²) >= 11 is 1.89. The summed E-state index contributed by atoms with van der Waals surface area (Å²) in [4.78, 5) is 65.4. The Labute approximate surface area is 361 Å². The number of carboxylic acids is 1. The Morgan fingerprint density at radius 2 is 1.15 bits per heavy atom. The van der Waals surface area contributed by atoms with Crippen molar-refractivity contribution in [2.45, 2.75) is 37.8 Å². The van der Waals surface area contributed by atoms with Crippen molar-refractivity contribution in [2.24, 2.45) is 38.7 Å². The summed E-state index contributed by atoms with van der Waals surface area (Å²) in [6, 6.07) is 16.7. The largest absolute Gasteiger partial charge is 0.480 e. The molecule has 2 aromatic carbocycles. The van der Waals surface area contributed by atoms with Crippen LogP contribution >= 0.6 is 23.5 Å². The van der Waals surface area contributed by atoms with Gasteiger partial charge < -0.3 is 53.0 Å². The van der Waals surface area contributed by atoms with Crippen LogP contribution in [0.15, 0.2) is 70.6 Å². The number of hydrazine groups is 1. The Morgan fingerprint density at radius 1 is 0.800 bits per heavy atom. The van der Waals surface area contributed by atoms with E-state index in [1.54, 1.807) is 47.8 Å². The second kappa shape index (κ2) is 53.7. The Kier molecular flexibility index (Phi) is 62.1. The highest BCUT2D eigenvalue weighted by Gasteiger charge is 2.20. The molecule has 0 aliphatic carbocycles. The maximum absolute atomic E-state index is 12.4. The molecule has 24 nitrogen and oxygen atoms in total. The number of nitrogens with two attached hydrogens (primary N) is 5. The average Bonchev–Trinajstić information content (AvgIpc) is 3.19. The van der Waals surface area contributed by atoms with Crippen LogP contribution in [0.3, 0.4) is 0 Å². The minimum absolute atomic E-state index is 0. The molecule has 346 valence electrons. The van der Waals surface area contributed by atoms with Gasteiger partial charge in [0.25, 0.3) is 13.3 Å². The number of nitro groups is 2. The predicted octanol–water partition coefficient (Wildman–Crippen LogP) is 0.00630. The number of aliphatic carboxylic acids is 1. The van der Waals surface area contributed by atoms with E-state index < -0.39 is 52.3 Å². The SMILES string of the molecule is C=O.C=O.CS(=O)O.CSC.CSC.NC(N)=NCCC[C@H](NNC[N+](=O)[O-])C(=O)c1ccccc1.NC(N)=NCCC[C@H](Nc1ccccc1)C(=O)O.NC[N+](=O)[O-].O. The third kappa shape index (κ3) is 59.4. The molecule has 0 radical (unpaired) electrons. The number of carbonyl (C=O) groups is 4. The molecule has 3 atom stereocenters. The molecule has 0 aliphatic rings. The first kappa shape index (κ1) is 69.3. The molecule has 17 N–H and O–H groups in total. The van der Waals surface area contributed by atoms with Crippen LogP contribution in [0.5, 0.6) is 0 Å². The summed E-state index contributed by atoms with van der Waals surface area (Å²) in [7, 11) is 0. The number of hydrogen-bond acceptors (Lipinski definition) is 17. The molecular weight excluding hydrogens is 853 g/mol. The third-order valence-corrected chi connectivity index (χ3v) is 5.31. The van der Waals surface area contributed by atoms with Crippen molar-refractivity contribution in [3.63, 3.8) is 0 Å². The fourth-order valence-electron chi connectivity index (χ4n) is 3.31. The standard InChI is InChI=1S/C13H20N6O3.C12H18N4O2.2C2H6S.CH4N2O2.CH4O2S.2CH2O.H2O/c14-13(15)16-8-4-7-11(18-17-9-19(21)22)12(20)10-5-2-1-3-6-10;13-12(14)15-8-4-7-10(11(17)18)16-9-5-2-1-3-6-9;2*1-3-2;2-1-3(4)5;1-4(2)3;2*1-2;/h1-3,5-6,11,17-18H,4,7-9H2,(H4,14,15,16);1-3,5-6,10,16H,4,7-8H2,(H,17,18)(H4,13,14,15);2*1-2H3;1-2H2;1H3,(H,2,3);2*1H2;1H2/t11-;10-;;;;;;;/m00......./s1. The number of Topliss-reactive ketones (excluding diaryl/α,β-unsaturated/α-hetero) is 1. The van der Waals surface area contributed by atoms with Crippen LogP contribution in [0.25, 0.3) is 0 Å². The molecule has 2 aromatic rings. The maximum atomic E-state index is 12.4. The molecule has 0 heterocycles. The molecule has 60 heavy (non-hydrogen) atoms. The molecular formula is C33H64N12O12S3. The molecule has 0 fully saturated rings. The van der Waals surface area contributed by atoms with Crippen molar-refractivity contribution in [1.82, 2.24) is 10.9 Å². The van der Waals surface area contributed by atoms with Crippen LogP contribution in [0.2, 0.25) is 0 Å². The zero-order chi connectivity index (χ0) is 47.0. The smallest absolute Gasteiger partial charge is 0.326 e. The van der Waals surface area contributed by atoms with E-state index in [0.717, 1.165) is 5.69 Å². The number of thioether (sulfide) groups is 2. The molecule has 2 rings (SSSR count). The second-order valence-corrected chi connectivity index (χ2v) is 12.6. The van der Waals surface area contributed by atoms with E-state index in [1.165, 1.54) is 6.26 Å². The fourth-order valence-corrected chi connectivity index (χ4v) is 3.31. The van der Waals surface area contributed by atoms with Gasteiger partial charge in [0.15, 0.2) is 17.7 Å². The second-order valence-electron chi connectivity index (χ2n) is 10.1. The molecule has 0 aliphatic heterocycles. The Balaban J connectivity index is -0.000000131. The molecule has 27 heteroatoms. The van der Waals surface area contributed by atoms with Gasteiger partial charge in [-0.2, -0.15) is 28.9 Å². The van der Waals surface area contributed by atoms with Crippen molar-refractivity contribution in [2.75, 3.05) is 63.0 Å². The Hall–Kier alpha value is -5.29. The molecule has 0 saturated heterocycles. The topological polar surface area (TPSA) is 434 Å². The van der Waals surface area contributed by atoms with Crippen molar-refractivity contribution in [1.29, 1.82) is 0 Å². The van der Waals surface area contributed by atoms with Crippen molar-refractivity contribution < 1.29 is 48.4 Å². The van der Waals surface area contributed by atoms with Gasteiger partial charge in [-0.15, -0.1) is 0 Å². The van der Waals surface area contributed by atoms with E-state index in [0.29, 0.717) is 44.3 Å². The number of benzene rings is 2. The zero-order valence-electron chi connectivity index (χ0n) is 34.5. The van der Waals surface area contributed by atoms with Gasteiger partial charge in [0, 0.05) is 40.4 Å². The number of nitrogens with zero attached hydrogens (tertiary/aromatic N) is 4. The maximum Gasteiger partial charge on any atom is 0.326 e. The molecule has 0 saturated carbocycles. The van der Waals surface area contributed by atoms with Crippen LogP contribution in [0.4, 0.5) is 5.69 Å². The predicted molar refractivity (Wildman–Crippen MR) is 243 cm³/mol. The number of para-hydroxylation sites is 1. The van der Waals surface area contributed by atoms with E-state index in [2.05, 4.69) is 31.9 Å². The summed E-state index contributed by atoms with van der Waals surface area (Å²) in [5.74, 6) is -1.02. The Bertz CT molecular complexity index is 1390. The van der Waals surface area contributed by atoms with Crippen LogP contribution < -0.4 is 44.8 Å². The Morgan fingerprint density at radius 3 is 1.47 bits per heavy atom. The number of nitrogens with one attached hydrogen (secondary N) is 3. The van der Waals surface area contributed by atoms with Gasteiger partial charge in [-0.3, -0.25) is 40.7 Å². The first-order chi connectivity index (χ1) is 27.9. The van der Waals surface area contributed by atoms with Gasteiger partial charge in [-0.25, -0.2) is 14.4 Å². The van der Waals surface area contributed by atoms with Crippen LogP contribution in [-0.4, -0.2) is 136 Å². The molecule has 0 spiro atoms. The van der Waals surface area contributed by atoms with Gasteiger partial charge in [0.05, 0.1) is 6.04 Å². The lowest BCUT2D eigenvalue weighted by Gasteiger charge is -2.16. The molecule has 0 aromatic heterocycles. The quantitative estimate of drug-likeness (QED) is 0.0138. The van der Waals surface area contributed by atoms with Gasteiger partial charge >= 0.3 is 5.97 Å². The van der Waals surface area contributed by atoms with Crippen LogP contribution in [-0.2, 0) is 25.5 Å². The third-order valence-electron chi connectivity index (χ3n) is 5.31. The van der Waals surface area contributed by atoms with E-state index in [-0.39, 0.29) is 23.2 Å². The lowest BCUT2D eigenvalue weighted by Crippen LogP contribution is -2.47. The highest BCUT2D eigenvalue weighted by atomic mass is 32.2. The number of rotatable bonds is 18. The number of carbonyl (C=O) groups excluding carboxylic acids is 3. The number of ketones is 1. The van der Waals surface area contributed by atoms with Gasteiger partial charge in [-0.05, 0) is 62.8 Å². The molecule has 1 unspecified atom stereocenters. The minimum Gasteiger partial charge on any atom is -0.480 e. The summed E-state index contributed by atoms with van der Waals surface area (Å²) in [6.07, 6.45) is 11.4. The fraction of sp³-hybridized carbons (Fsp3) is 0.455. The van der Waals surface area contributed by atoms with Crippen LogP contribution in [0.1, 0.15) is 36.0 Å². The van der Waals surface area contributed by atoms with Gasteiger partial charge in [0.2, 0.25) is 0 Å². The van der Waals surface area contributed by atoms with Gasteiger partial charge in [-0.1, -0.05) is 48.5 Å². The number of carboxylic acid groups (broad SMARTS) is 1. The highest BCUT2D eigenvalue weighted by molar-refractivity contribution is 7.98. The molecule has 0 bridgehead atoms. The van der Waals surface area contributed by atoms with Crippen molar-refractivity contribution >= 4 is 77.5 Å². The van der Waals surface area contributed by atoms with E-state index >= 15 is 0 Å². The monoisotopic (exact) mass is 916 g/mol. The summed E-state index contributed by atoms with van der Waals surface area (Å²) in [6.45, 7) is 3.87. The van der Waals surface area contributed by atoms with Crippen molar-refractivity contribution in [3.05, 3.63) is 86.5 Å². The number of guanidine groups is 2. The van der Waals surface area contributed by atoms with Gasteiger partial charge in [0.1, 0.15) is 30.7 Å². The summed E-state index contributed by atoms with van der Waals surface area (Å²) in [5, 5.41) is 31.4. The highest BCUT2D eigenvalue weighted by Crippen LogP contribution is 2.11. The summed E-state index contributed by atoms with van der Waals surface area (Å²) < 4.78 is 16.6. The van der Waals surface area contributed by atoms with E-state index in [9.17, 15) is 19.7 Å². The van der Waals surface area contributed by atoms with E-state index in [4.69, 9.17) is 56.5 Å². The minimum atomic E-state index is -1.61. The first-order valence-corrected chi connectivity index (χ1v) is 21.3. The number of aliphatic imine (C=N–C) groups is 2. The van der Waals surface area contributed by atoms with Crippen molar-refractivity contribution in [3.8, 4) is 0 Å². The lowest BCUT2D eigenvalue weighted by molar-refractivity contribution is -0.487. The zero-order valence-corrected chi connectivity index (χ0v) is 36.9. The van der Waals surface area contributed by atoms with E-state index in [1.807, 2.05) is 75.0 Å². The number of hydrogen-bond donors (Lipinski definition) is 10. The lowest BCUT2D eigenvalue weighted by atomic mass is 10.0. The first-order valence-electron chi connectivity index (χ1n) is 16.5. The normalized spacial score (nSPS) is 10.1. The average molecular weight is 917 g/mol. The molecule has 0 amide bonds. The van der Waals surface area contributed by atoms with Crippen LogP contribution in [0, 0.1) is 20.2 Å². The number of anilines is 1.